The topological polar surface area (TPSA) is 150 Å². The second-order valence-corrected chi connectivity index (χ2v) is 8.40. The van der Waals surface area contributed by atoms with Crippen molar-refractivity contribution >= 4 is 38.2 Å². The van der Waals surface area contributed by atoms with Crippen LogP contribution >= 0.6 is 0 Å². The minimum atomic E-state index is -4.38. The van der Waals surface area contributed by atoms with E-state index in [-0.39, 0.29) is 28.5 Å². The molecule has 0 radical (unpaired) electrons. The molecule has 0 bridgehead atoms. The molecule has 0 saturated carbocycles. The molecule has 0 aliphatic heterocycles. The number of halogens is 1. The zero-order chi connectivity index (χ0) is 23.8. The van der Waals surface area contributed by atoms with Gasteiger partial charge in [-0.1, -0.05) is 18.2 Å². The summed E-state index contributed by atoms with van der Waals surface area (Å²) in [5.41, 5.74) is -0.0435. The van der Waals surface area contributed by atoms with E-state index in [1.165, 1.54) is 25.3 Å². The van der Waals surface area contributed by atoms with Crippen LogP contribution in [0, 0.1) is 15.9 Å². The number of nitrogens with zero attached hydrogens (tertiary/aromatic N) is 3. The quantitative estimate of drug-likeness (QED) is 0.320. The number of sulfonamides is 1. The highest BCUT2D eigenvalue weighted by Crippen LogP contribution is 2.39. The highest BCUT2D eigenvalue weighted by Gasteiger charge is 2.29. The molecule has 0 amide bonds. The maximum absolute atomic E-state index is 14.0. The summed E-state index contributed by atoms with van der Waals surface area (Å²) in [5, 5.41) is 20.0. The lowest BCUT2D eigenvalue weighted by Crippen LogP contribution is -2.15. The van der Waals surface area contributed by atoms with Crippen LogP contribution in [-0.4, -0.2) is 30.4 Å². The van der Waals surface area contributed by atoms with Crippen LogP contribution < -0.4 is 15.2 Å². The van der Waals surface area contributed by atoms with Gasteiger partial charge < -0.3 is 10.1 Å². The SMILES string of the molecule is COc1cc(F)cc(Nc2nc3ccccc3nc2-c2c([N+](=O)[O-])cccc2S(N)(=O)=O)c1. The minimum absolute atomic E-state index is 0.0412. The molecule has 0 fully saturated rings. The summed E-state index contributed by atoms with van der Waals surface area (Å²) in [6.07, 6.45) is 0. The highest BCUT2D eigenvalue weighted by molar-refractivity contribution is 7.89. The van der Waals surface area contributed by atoms with Crippen LogP contribution in [0.5, 0.6) is 5.75 Å². The summed E-state index contributed by atoms with van der Waals surface area (Å²) in [6, 6.07) is 14.0. The Morgan fingerprint density at radius 1 is 1.06 bits per heavy atom. The molecular formula is C21H16FN5O5S. The molecule has 0 spiro atoms. The Morgan fingerprint density at radius 2 is 1.76 bits per heavy atom. The summed E-state index contributed by atoms with van der Waals surface area (Å²) >= 11 is 0. The van der Waals surface area contributed by atoms with Gasteiger partial charge in [-0.05, 0) is 24.3 Å². The van der Waals surface area contributed by atoms with Crippen molar-refractivity contribution in [2.75, 3.05) is 12.4 Å². The Morgan fingerprint density at radius 3 is 2.39 bits per heavy atom. The first kappa shape index (κ1) is 22.0. The number of para-hydroxylation sites is 2. The maximum Gasteiger partial charge on any atom is 0.280 e. The van der Waals surface area contributed by atoms with E-state index in [0.717, 1.165) is 18.2 Å². The van der Waals surface area contributed by atoms with Crippen molar-refractivity contribution < 1.29 is 22.5 Å². The zero-order valence-corrected chi connectivity index (χ0v) is 17.8. The van der Waals surface area contributed by atoms with Gasteiger partial charge in [-0.3, -0.25) is 10.1 Å². The van der Waals surface area contributed by atoms with Crippen molar-refractivity contribution in [2.45, 2.75) is 4.90 Å². The fourth-order valence-corrected chi connectivity index (χ4v) is 4.05. The largest absolute Gasteiger partial charge is 0.497 e. The summed E-state index contributed by atoms with van der Waals surface area (Å²) in [5.74, 6) is -0.438. The van der Waals surface area contributed by atoms with E-state index < -0.39 is 31.3 Å². The number of nitro groups is 1. The number of aromatic nitrogens is 2. The number of methoxy groups -OCH3 is 1. The molecule has 0 aliphatic rings. The molecule has 10 nitrogen and oxygen atoms in total. The van der Waals surface area contributed by atoms with Crippen molar-refractivity contribution in [1.29, 1.82) is 0 Å². The molecule has 4 rings (SSSR count). The Balaban J connectivity index is 2.05. The Labute approximate surface area is 187 Å². The van der Waals surface area contributed by atoms with Crippen molar-refractivity contribution in [1.82, 2.24) is 9.97 Å². The second-order valence-electron chi connectivity index (χ2n) is 6.87. The molecule has 0 aliphatic carbocycles. The van der Waals surface area contributed by atoms with E-state index in [4.69, 9.17) is 9.88 Å². The lowest BCUT2D eigenvalue weighted by Gasteiger charge is -2.15. The molecule has 0 saturated heterocycles. The van der Waals surface area contributed by atoms with Gasteiger partial charge in [-0.2, -0.15) is 0 Å². The first-order valence-corrected chi connectivity index (χ1v) is 10.9. The van der Waals surface area contributed by atoms with E-state index in [9.17, 15) is 22.9 Å². The van der Waals surface area contributed by atoms with Crippen LogP contribution in [0.4, 0.5) is 21.6 Å². The third kappa shape index (κ3) is 4.42. The average Bonchev–Trinajstić information content (AvgIpc) is 2.77. The van der Waals surface area contributed by atoms with Gasteiger partial charge >= 0.3 is 0 Å². The Hall–Kier alpha value is -4.16. The molecule has 3 N–H and O–H groups in total. The van der Waals surface area contributed by atoms with Crippen molar-refractivity contribution in [2.24, 2.45) is 5.14 Å². The van der Waals surface area contributed by atoms with Crippen LogP contribution in [0.3, 0.4) is 0 Å². The molecule has 33 heavy (non-hydrogen) atoms. The molecule has 0 unspecified atom stereocenters. The number of nitrogens with one attached hydrogen (secondary N) is 1. The number of nitrogens with two attached hydrogens (primary N) is 1. The third-order valence-corrected chi connectivity index (χ3v) is 5.64. The van der Waals surface area contributed by atoms with Gasteiger partial charge in [0.2, 0.25) is 10.0 Å². The van der Waals surface area contributed by atoms with Crippen LogP contribution in [0.1, 0.15) is 0 Å². The predicted octanol–water partition coefficient (Wildman–Crippen LogP) is 3.74. The van der Waals surface area contributed by atoms with Crippen LogP contribution in [0.25, 0.3) is 22.3 Å². The van der Waals surface area contributed by atoms with E-state index in [2.05, 4.69) is 15.3 Å². The van der Waals surface area contributed by atoms with Gasteiger partial charge in [0.15, 0.2) is 5.82 Å². The van der Waals surface area contributed by atoms with Gasteiger partial charge in [0.1, 0.15) is 22.8 Å². The van der Waals surface area contributed by atoms with Crippen LogP contribution in [0.15, 0.2) is 65.6 Å². The van der Waals surface area contributed by atoms with Gasteiger partial charge in [0.05, 0.1) is 28.0 Å². The van der Waals surface area contributed by atoms with E-state index >= 15 is 0 Å². The molecule has 12 heteroatoms. The Kier molecular flexibility index (Phi) is 5.62. The van der Waals surface area contributed by atoms with E-state index in [1.54, 1.807) is 24.3 Å². The van der Waals surface area contributed by atoms with Gasteiger partial charge in [0, 0.05) is 23.9 Å². The predicted molar refractivity (Wildman–Crippen MR) is 119 cm³/mol. The highest BCUT2D eigenvalue weighted by atomic mass is 32.2. The number of ether oxygens (including phenoxy) is 1. The average molecular weight is 469 g/mol. The van der Waals surface area contributed by atoms with Crippen molar-refractivity contribution in [3.8, 4) is 17.0 Å². The van der Waals surface area contributed by atoms with Crippen LogP contribution in [-0.2, 0) is 10.0 Å². The molecule has 4 aromatic rings. The molecular weight excluding hydrogens is 453 g/mol. The number of hydrogen-bond donors (Lipinski definition) is 2. The van der Waals surface area contributed by atoms with Crippen LogP contribution in [0.2, 0.25) is 0 Å². The standard InChI is InChI=1S/C21H16FN5O5S/c1-32-14-10-12(22)9-13(11-14)24-21-20(25-15-5-2-3-6-16(15)26-21)19-17(27(28)29)7-4-8-18(19)33(23,30)31/h2-11H,1H3,(H,24,26)(H2,23,30,31). The first-order chi connectivity index (χ1) is 15.7. The van der Waals surface area contributed by atoms with E-state index in [0.29, 0.717) is 11.0 Å². The lowest BCUT2D eigenvalue weighted by atomic mass is 10.1. The monoisotopic (exact) mass is 469 g/mol. The fraction of sp³-hybridized carbons (Fsp3) is 0.0476. The fourth-order valence-electron chi connectivity index (χ4n) is 3.30. The summed E-state index contributed by atoms with van der Waals surface area (Å²) in [4.78, 5) is 19.4. The minimum Gasteiger partial charge on any atom is -0.497 e. The number of anilines is 2. The maximum atomic E-state index is 14.0. The molecule has 168 valence electrons. The van der Waals surface area contributed by atoms with Crippen molar-refractivity contribution in [3.05, 3.63) is 76.6 Å². The molecule has 0 atom stereocenters. The smallest absolute Gasteiger partial charge is 0.280 e. The zero-order valence-electron chi connectivity index (χ0n) is 17.0. The second kappa shape index (κ2) is 8.41. The molecule has 3 aromatic carbocycles. The van der Waals surface area contributed by atoms with E-state index in [1.807, 2.05) is 0 Å². The van der Waals surface area contributed by atoms with Crippen molar-refractivity contribution in [3.63, 3.8) is 0 Å². The summed E-state index contributed by atoms with van der Waals surface area (Å²) in [6.45, 7) is 0. The molecule has 1 aromatic heterocycles. The summed E-state index contributed by atoms with van der Waals surface area (Å²) in [7, 11) is -3.01. The summed E-state index contributed by atoms with van der Waals surface area (Å²) < 4.78 is 43.7. The third-order valence-electron chi connectivity index (χ3n) is 4.68. The Bertz CT molecular complexity index is 1510. The number of fused-ring (bicyclic) bond motifs is 1. The number of rotatable bonds is 6. The van der Waals surface area contributed by atoms with Gasteiger partial charge in [-0.25, -0.2) is 27.9 Å². The molecule has 1 heterocycles. The number of benzene rings is 3. The normalized spacial score (nSPS) is 11.4. The number of primary sulfonamides is 1. The van der Waals surface area contributed by atoms with Gasteiger partial charge in [-0.15, -0.1) is 0 Å². The first-order valence-electron chi connectivity index (χ1n) is 9.36. The number of hydrogen-bond acceptors (Lipinski definition) is 8. The lowest BCUT2D eigenvalue weighted by molar-refractivity contribution is -0.384. The number of nitro benzene ring substituents is 1. The van der Waals surface area contributed by atoms with Gasteiger partial charge in [0.25, 0.3) is 5.69 Å².